The lowest BCUT2D eigenvalue weighted by Crippen LogP contribution is -2.29. The van der Waals surface area contributed by atoms with Crippen LogP contribution in [0.5, 0.6) is 11.5 Å². The molecule has 2 N–H and O–H groups in total. The van der Waals surface area contributed by atoms with Crippen LogP contribution in [0.15, 0.2) is 53.4 Å². The molecule has 1 heterocycles. The van der Waals surface area contributed by atoms with Crippen LogP contribution in [0, 0.1) is 5.41 Å². The molecule has 0 spiro atoms. The van der Waals surface area contributed by atoms with E-state index in [1.54, 1.807) is 30.3 Å². The predicted molar refractivity (Wildman–Crippen MR) is 101 cm³/mol. The zero-order chi connectivity index (χ0) is 19.1. The third-order valence-corrected chi connectivity index (χ3v) is 7.84. The maximum absolute atomic E-state index is 13.4. The number of hydrogen-bond donors (Lipinski definition) is 1. The summed E-state index contributed by atoms with van der Waals surface area (Å²) in [5, 5.41) is -0.635. The van der Waals surface area contributed by atoms with Crippen molar-refractivity contribution >= 4 is 9.84 Å². The monoisotopic (exact) mass is 389 g/mol. The van der Waals surface area contributed by atoms with Crippen LogP contribution in [0.3, 0.4) is 0 Å². The average molecular weight is 389 g/mol. The van der Waals surface area contributed by atoms with Crippen molar-refractivity contribution < 1.29 is 22.6 Å². The highest BCUT2D eigenvalue weighted by molar-refractivity contribution is 7.92. The van der Waals surface area contributed by atoms with Gasteiger partial charge in [-0.3, -0.25) is 0 Å². The Kier molecular flexibility index (Phi) is 4.61. The molecule has 0 amide bonds. The Balaban J connectivity index is 1.76. The third kappa shape index (κ3) is 2.90. The van der Waals surface area contributed by atoms with Crippen molar-refractivity contribution in [3.8, 4) is 11.5 Å². The van der Waals surface area contributed by atoms with Crippen molar-refractivity contribution in [3.05, 3.63) is 54.1 Å². The van der Waals surface area contributed by atoms with Crippen LogP contribution >= 0.6 is 0 Å². The number of nitrogens with two attached hydrogens (primary N) is 1. The summed E-state index contributed by atoms with van der Waals surface area (Å²) in [6.07, 6.45) is 0. The van der Waals surface area contributed by atoms with E-state index in [0.717, 1.165) is 5.56 Å². The second-order valence-electron chi connectivity index (χ2n) is 6.94. The number of ether oxygens (including phenoxy) is 3. The molecule has 27 heavy (non-hydrogen) atoms. The molecule has 0 unspecified atom stereocenters. The van der Waals surface area contributed by atoms with Gasteiger partial charge in [-0.05, 0) is 36.8 Å². The maximum atomic E-state index is 13.4. The highest BCUT2D eigenvalue weighted by Crippen LogP contribution is 2.64. The fourth-order valence-corrected chi connectivity index (χ4v) is 6.54. The molecule has 144 valence electrons. The van der Waals surface area contributed by atoms with E-state index < -0.39 is 20.5 Å². The van der Waals surface area contributed by atoms with Gasteiger partial charge in [0, 0.05) is 24.5 Å². The smallest absolute Gasteiger partial charge is 0.231 e. The van der Waals surface area contributed by atoms with Crippen LogP contribution in [-0.4, -0.2) is 40.2 Å². The minimum atomic E-state index is -3.56. The number of hydrogen-bond acceptors (Lipinski definition) is 6. The molecule has 1 saturated carbocycles. The molecule has 6 nitrogen and oxygen atoms in total. The second-order valence-corrected chi connectivity index (χ2v) is 9.01. The van der Waals surface area contributed by atoms with Crippen molar-refractivity contribution in [3.63, 3.8) is 0 Å². The van der Waals surface area contributed by atoms with Crippen LogP contribution in [0.4, 0.5) is 0 Å². The molecule has 4 rings (SSSR count). The first-order valence-corrected chi connectivity index (χ1v) is 10.6. The van der Waals surface area contributed by atoms with Gasteiger partial charge in [-0.2, -0.15) is 0 Å². The Labute approximate surface area is 159 Å². The topological polar surface area (TPSA) is 87.9 Å². The van der Waals surface area contributed by atoms with Gasteiger partial charge in [0.25, 0.3) is 0 Å². The average Bonchev–Trinajstić information content (AvgIpc) is 3.15. The number of sulfone groups is 1. The Bertz CT molecular complexity index is 931. The normalized spacial score (nSPS) is 26.1. The lowest BCUT2D eigenvalue weighted by atomic mass is 9.99. The molecule has 1 aliphatic carbocycles. The molecule has 1 fully saturated rings. The summed E-state index contributed by atoms with van der Waals surface area (Å²) in [6.45, 7) is 3.10. The van der Waals surface area contributed by atoms with Crippen LogP contribution in [0.2, 0.25) is 0 Å². The molecule has 0 aromatic heterocycles. The van der Waals surface area contributed by atoms with Crippen LogP contribution in [0.1, 0.15) is 18.4 Å². The molecule has 1 aliphatic heterocycles. The zero-order valence-corrected chi connectivity index (χ0v) is 15.9. The highest BCUT2D eigenvalue weighted by Gasteiger charge is 2.70. The maximum Gasteiger partial charge on any atom is 0.231 e. The van der Waals surface area contributed by atoms with Gasteiger partial charge in [0.15, 0.2) is 21.3 Å². The van der Waals surface area contributed by atoms with Gasteiger partial charge in [-0.1, -0.05) is 24.3 Å². The molecule has 2 aromatic carbocycles. The van der Waals surface area contributed by atoms with E-state index in [9.17, 15) is 8.42 Å². The zero-order valence-electron chi connectivity index (χ0n) is 15.1. The van der Waals surface area contributed by atoms with Gasteiger partial charge in [-0.15, -0.1) is 0 Å². The Morgan fingerprint density at radius 2 is 1.89 bits per heavy atom. The van der Waals surface area contributed by atoms with E-state index in [0.29, 0.717) is 29.6 Å². The summed E-state index contributed by atoms with van der Waals surface area (Å²) in [5.41, 5.74) is 6.34. The molecular weight excluding hydrogens is 366 g/mol. The summed E-state index contributed by atoms with van der Waals surface area (Å²) >= 11 is 0. The Morgan fingerprint density at radius 1 is 1.15 bits per heavy atom. The number of rotatable bonds is 7. The highest BCUT2D eigenvalue weighted by atomic mass is 32.2. The van der Waals surface area contributed by atoms with Gasteiger partial charge >= 0.3 is 0 Å². The molecular formula is C20H23NO5S. The fraction of sp³-hybridized carbons (Fsp3) is 0.400. The van der Waals surface area contributed by atoms with Crippen molar-refractivity contribution in [1.29, 1.82) is 0 Å². The van der Waals surface area contributed by atoms with Crippen molar-refractivity contribution in [2.24, 2.45) is 11.1 Å². The van der Waals surface area contributed by atoms with E-state index >= 15 is 0 Å². The van der Waals surface area contributed by atoms with Crippen LogP contribution < -0.4 is 15.2 Å². The Hall–Kier alpha value is -2.09. The predicted octanol–water partition coefficient (Wildman–Crippen LogP) is 2.34. The Morgan fingerprint density at radius 3 is 2.59 bits per heavy atom. The summed E-state index contributed by atoms with van der Waals surface area (Å²) in [4.78, 5) is 0.313. The quantitative estimate of drug-likeness (QED) is 0.782. The number of benzene rings is 2. The summed E-state index contributed by atoms with van der Waals surface area (Å²) in [7, 11) is -3.56. The largest absolute Gasteiger partial charge is 0.454 e. The lowest BCUT2D eigenvalue weighted by molar-refractivity contribution is 0.101. The first-order chi connectivity index (χ1) is 13.0. The summed E-state index contributed by atoms with van der Waals surface area (Å²) < 4.78 is 43.3. The van der Waals surface area contributed by atoms with Gasteiger partial charge < -0.3 is 19.9 Å². The number of fused-ring (bicyclic) bond motifs is 1. The molecule has 3 atom stereocenters. The standard InChI is InChI=1S/C20H23NO5S/c1-2-24-12-20(11-21)18(14-8-9-16-17(10-14)26-13-25-16)19(20)27(22,23)15-6-4-3-5-7-15/h3-10,18-19H,2,11-13,21H2,1H3/t18-,19+,20+/m0/s1. The van der Waals surface area contributed by atoms with Gasteiger partial charge in [0.05, 0.1) is 16.8 Å². The summed E-state index contributed by atoms with van der Waals surface area (Å²) in [6, 6.07) is 14.1. The second kappa shape index (κ2) is 6.82. The third-order valence-electron chi connectivity index (χ3n) is 5.50. The van der Waals surface area contributed by atoms with E-state index in [1.807, 2.05) is 25.1 Å². The molecule has 0 bridgehead atoms. The first kappa shape index (κ1) is 18.3. The molecule has 7 heteroatoms. The van der Waals surface area contributed by atoms with E-state index in [1.165, 1.54) is 0 Å². The van der Waals surface area contributed by atoms with E-state index in [4.69, 9.17) is 19.9 Å². The van der Waals surface area contributed by atoms with Crippen molar-refractivity contribution in [2.45, 2.75) is 23.0 Å². The van der Waals surface area contributed by atoms with Crippen molar-refractivity contribution in [2.75, 3.05) is 26.6 Å². The SMILES string of the molecule is CCOC[C@@]1(CN)[C@H](S(=O)(=O)c2ccccc2)[C@@H]1c1ccc2c(c1)OCO2. The minimum Gasteiger partial charge on any atom is -0.454 e. The lowest BCUT2D eigenvalue weighted by Gasteiger charge is -2.16. The summed E-state index contributed by atoms with van der Waals surface area (Å²) in [5.74, 6) is 1.05. The van der Waals surface area contributed by atoms with Crippen LogP contribution in [-0.2, 0) is 14.6 Å². The van der Waals surface area contributed by atoms with Gasteiger partial charge in [0.1, 0.15) is 0 Å². The molecule has 2 aliphatic rings. The molecule has 2 aromatic rings. The van der Waals surface area contributed by atoms with Crippen LogP contribution in [0.25, 0.3) is 0 Å². The van der Waals surface area contributed by atoms with Gasteiger partial charge in [-0.25, -0.2) is 8.42 Å². The van der Waals surface area contributed by atoms with E-state index in [2.05, 4.69) is 0 Å². The molecule has 0 saturated heterocycles. The fourth-order valence-electron chi connectivity index (χ4n) is 4.08. The molecule has 0 radical (unpaired) electrons. The van der Waals surface area contributed by atoms with Gasteiger partial charge in [0.2, 0.25) is 6.79 Å². The van der Waals surface area contributed by atoms with E-state index in [-0.39, 0.29) is 19.3 Å². The first-order valence-electron chi connectivity index (χ1n) is 9.01. The minimum absolute atomic E-state index is 0.177. The van der Waals surface area contributed by atoms with Crippen molar-refractivity contribution in [1.82, 2.24) is 0 Å².